The first-order valence-electron chi connectivity index (χ1n) is 7.01. The van der Waals surface area contributed by atoms with Gasteiger partial charge < -0.3 is 14.6 Å². The fraction of sp³-hybridized carbons (Fsp3) is 0.188. The summed E-state index contributed by atoms with van der Waals surface area (Å²) in [6.45, 7) is -0.710. The number of aliphatic carboxylic acids is 1. The molecule has 0 unspecified atom stereocenters. The highest BCUT2D eigenvalue weighted by atomic mass is 79.9. The van der Waals surface area contributed by atoms with E-state index in [-0.39, 0.29) is 10.6 Å². The lowest BCUT2D eigenvalue weighted by Crippen LogP contribution is -2.35. The largest absolute Gasteiger partial charge is 0.497 e. The number of carbonyl (C=O) groups is 1. The number of hydrogen-bond acceptors (Lipinski definition) is 5. The van der Waals surface area contributed by atoms with E-state index in [0.29, 0.717) is 16.0 Å². The standard InChI is InChI=1S/C16H16BrNO6S/c1-23-12-5-3-11(4-6-12)18(10-16(19)20)25(21,22)13-7-8-15(24-2)14(17)9-13/h3-9H,10H2,1-2H3,(H,19,20). The minimum absolute atomic E-state index is 0.0581. The van der Waals surface area contributed by atoms with Gasteiger partial charge in [0.2, 0.25) is 0 Å². The first-order valence-corrected chi connectivity index (χ1v) is 9.25. The molecule has 0 amide bonds. The maximum Gasteiger partial charge on any atom is 0.324 e. The quantitative estimate of drug-likeness (QED) is 0.726. The number of halogens is 1. The van der Waals surface area contributed by atoms with E-state index in [4.69, 9.17) is 14.6 Å². The number of ether oxygens (including phenoxy) is 2. The Morgan fingerprint density at radius 1 is 1.12 bits per heavy atom. The van der Waals surface area contributed by atoms with Crippen LogP contribution in [0.15, 0.2) is 51.8 Å². The number of anilines is 1. The van der Waals surface area contributed by atoms with Gasteiger partial charge in [0.25, 0.3) is 10.0 Å². The number of carboxylic acid groups (broad SMARTS) is 1. The first-order chi connectivity index (χ1) is 11.8. The summed E-state index contributed by atoms with van der Waals surface area (Å²) in [6.07, 6.45) is 0. The van der Waals surface area contributed by atoms with Crippen molar-refractivity contribution in [3.8, 4) is 11.5 Å². The Morgan fingerprint density at radius 3 is 2.24 bits per heavy atom. The van der Waals surface area contributed by atoms with Crippen molar-refractivity contribution in [3.05, 3.63) is 46.9 Å². The zero-order valence-electron chi connectivity index (χ0n) is 13.5. The molecule has 0 spiro atoms. The number of sulfonamides is 1. The van der Waals surface area contributed by atoms with E-state index in [2.05, 4.69) is 15.9 Å². The highest BCUT2D eigenvalue weighted by Crippen LogP contribution is 2.31. The van der Waals surface area contributed by atoms with Gasteiger partial charge in [0.05, 0.1) is 29.3 Å². The van der Waals surface area contributed by atoms with Crippen molar-refractivity contribution < 1.29 is 27.8 Å². The number of benzene rings is 2. The molecule has 0 fully saturated rings. The van der Waals surface area contributed by atoms with Gasteiger partial charge in [-0.1, -0.05) is 0 Å². The van der Waals surface area contributed by atoms with Crippen LogP contribution in [0.1, 0.15) is 0 Å². The monoisotopic (exact) mass is 429 g/mol. The molecule has 0 aliphatic carbocycles. The lowest BCUT2D eigenvalue weighted by molar-refractivity contribution is -0.135. The predicted octanol–water partition coefficient (Wildman–Crippen LogP) is 2.75. The van der Waals surface area contributed by atoms with E-state index >= 15 is 0 Å². The molecule has 2 aromatic carbocycles. The third-order valence-electron chi connectivity index (χ3n) is 3.35. The van der Waals surface area contributed by atoms with Crippen molar-refractivity contribution in [1.82, 2.24) is 0 Å². The maximum absolute atomic E-state index is 12.9. The summed E-state index contributed by atoms with van der Waals surface area (Å²) in [7, 11) is -1.15. The molecule has 0 aliphatic heterocycles. The van der Waals surface area contributed by atoms with Crippen molar-refractivity contribution in [2.24, 2.45) is 0 Å². The van der Waals surface area contributed by atoms with E-state index in [1.165, 1.54) is 44.6 Å². The number of methoxy groups -OCH3 is 2. The lowest BCUT2D eigenvalue weighted by Gasteiger charge is -2.23. The van der Waals surface area contributed by atoms with Crippen LogP contribution in [-0.4, -0.2) is 40.3 Å². The highest BCUT2D eigenvalue weighted by Gasteiger charge is 2.27. The van der Waals surface area contributed by atoms with Crippen LogP contribution in [0.4, 0.5) is 5.69 Å². The van der Waals surface area contributed by atoms with Crippen molar-refractivity contribution in [2.75, 3.05) is 25.1 Å². The maximum atomic E-state index is 12.9. The zero-order valence-corrected chi connectivity index (χ0v) is 15.9. The molecule has 0 radical (unpaired) electrons. The van der Waals surface area contributed by atoms with Gasteiger partial charge in [-0.05, 0) is 58.4 Å². The molecule has 2 aromatic rings. The van der Waals surface area contributed by atoms with E-state index in [9.17, 15) is 13.2 Å². The number of rotatable bonds is 7. The molecule has 9 heteroatoms. The molecule has 1 N–H and O–H groups in total. The van der Waals surface area contributed by atoms with Gasteiger partial charge in [-0.15, -0.1) is 0 Å². The highest BCUT2D eigenvalue weighted by molar-refractivity contribution is 9.10. The normalized spacial score (nSPS) is 11.0. The summed E-state index contributed by atoms with van der Waals surface area (Å²) in [5, 5.41) is 9.13. The third-order valence-corrected chi connectivity index (χ3v) is 5.74. The molecule has 0 saturated heterocycles. The topological polar surface area (TPSA) is 93.1 Å². The first kappa shape index (κ1) is 19.1. The molecule has 0 aromatic heterocycles. The number of carboxylic acids is 1. The van der Waals surface area contributed by atoms with Crippen LogP contribution in [-0.2, 0) is 14.8 Å². The molecular weight excluding hydrogens is 414 g/mol. The molecule has 0 aliphatic rings. The average Bonchev–Trinajstić information content (AvgIpc) is 2.59. The molecule has 0 bridgehead atoms. The van der Waals surface area contributed by atoms with Crippen LogP contribution in [0, 0.1) is 0 Å². The number of nitrogens with zero attached hydrogens (tertiary/aromatic N) is 1. The molecular formula is C16H16BrNO6S. The third kappa shape index (κ3) is 4.23. The zero-order chi connectivity index (χ0) is 18.6. The minimum Gasteiger partial charge on any atom is -0.497 e. The van der Waals surface area contributed by atoms with Gasteiger partial charge in [0.1, 0.15) is 18.0 Å². The summed E-state index contributed by atoms with van der Waals surface area (Å²) in [6, 6.07) is 10.3. The van der Waals surface area contributed by atoms with E-state index in [1.807, 2.05) is 0 Å². The Hall–Kier alpha value is -2.26. The van der Waals surface area contributed by atoms with E-state index < -0.39 is 22.5 Å². The van der Waals surface area contributed by atoms with Gasteiger partial charge in [0, 0.05) is 0 Å². The SMILES string of the molecule is COc1ccc(N(CC(=O)O)S(=O)(=O)c2ccc(OC)c(Br)c2)cc1. The van der Waals surface area contributed by atoms with Gasteiger partial charge in [-0.25, -0.2) is 8.42 Å². The summed E-state index contributed by atoms with van der Waals surface area (Å²) in [5.41, 5.74) is 0.218. The van der Waals surface area contributed by atoms with E-state index in [0.717, 1.165) is 4.31 Å². The fourth-order valence-electron chi connectivity index (χ4n) is 2.12. The van der Waals surface area contributed by atoms with Crippen molar-refractivity contribution >= 4 is 37.6 Å². The van der Waals surface area contributed by atoms with Crippen LogP contribution in [0.3, 0.4) is 0 Å². The second kappa shape index (κ2) is 7.75. The molecule has 0 atom stereocenters. The summed E-state index contributed by atoms with van der Waals surface area (Å²) in [4.78, 5) is 11.1. The minimum atomic E-state index is -4.09. The number of hydrogen-bond donors (Lipinski definition) is 1. The molecule has 0 saturated carbocycles. The van der Waals surface area contributed by atoms with Crippen LogP contribution in [0.2, 0.25) is 0 Å². The van der Waals surface area contributed by atoms with Crippen LogP contribution in [0.25, 0.3) is 0 Å². The smallest absolute Gasteiger partial charge is 0.324 e. The fourth-order valence-corrected chi connectivity index (χ4v) is 4.25. The van der Waals surface area contributed by atoms with Gasteiger partial charge in [-0.3, -0.25) is 9.10 Å². The van der Waals surface area contributed by atoms with E-state index in [1.54, 1.807) is 12.1 Å². The molecule has 134 valence electrons. The van der Waals surface area contributed by atoms with Gasteiger partial charge in [0.15, 0.2) is 0 Å². The predicted molar refractivity (Wildman–Crippen MR) is 95.9 cm³/mol. The van der Waals surface area contributed by atoms with Crippen molar-refractivity contribution in [3.63, 3.8) is 0 Å². The summed E-state index contributed by atoms with van der Waals surface area (Å²) < 4.78 is 37.3. The second-order valence-electron chi connectivity index (χ2n) is 4.90. The second-order valence-corrected chi connectivity index (χ2v) is 7.62. The van der Waals surface area contributed by atoms with Crippen LogP contribution < -0.4 is 13.8 Å². The Balaban J connectivity index is 2.51. The molecule has 2 rings (SSSR count). The Morgan fingerprint density at radius 2 is 1.76 bits per heavy atom. The summed E-state index contributed by atoms with van der Waals surface area (Å²) in [5.74, 6) is -0.274. The van der Waals surface area contributed by atoms with Crippen LogP contribution in [0.5, 0.6) is 11.5 Å². The van der Waals surface area contributed by atoms with Crippen LogP contribution >= 0.6 is 15.9 Å². The molecule has 0 heterocycles. The Bertz CT molecular complexity index is 867. The Labute approximate surface area is 154 Å². The molecule has 25 heavy (non-hydrogen) atoms. The van der Waals surface area contributed by atoms with Gasteiger partial charge >= 0.3 is 5.97 Å². The summed E-state index contributed by atoms with van der Waals surface area (Å²) >= 11 is 3.23. The molecule has 7 nitrogen and oxygen atoms in total. The Kier molecular flexibility index (Phi) is 5.91. The van der Waals surface area contributed by atoms with Crippen molar-refractivity contribution in [1.29, 1.82) is 0 Å². The van der Waals surface area contributed by atoms with Gasteiger partial charge in [-0.2, -0.15) is 0 Å². The average molecular weight is 430 g/mol. The van der Waals surface area contributed by atoms with Crippen molar-refractivity contribution in [2.45, 2.75) is 4.90 Å². The lowest BCUT2D eigenvalue weighted by atomic mass is 10.3.